The molecule has 0 heterocycles. The predicted octanol–water partition coefficient (Wildman–Crippen LogP) is 1.21. The number of carboxylic acid groups (broad SMARTS) is 1. The molecule has 0 saturated heterocycles. The van der Waals surface area contributed by atoms with Crippen LogP contribution in [0.1, 0.15) is 27.2 Å². The minimum atomic E-state index is -0.749. The molecule has 2 atom stereocenters. The maximum absolute atomic E-state index is 10.4. The summed E-state index contributed by atoms with van der Waals surface area (Å²) in [6, 6.07) is 0.254. The highest BCUT2D eigenvalue weighted by Gasteiger charge is 2.18. The predicted molar refractivity (Wildman–Crippen MR) is 55.4 cm³/mol. The van der Waals surface area contributed by atoms with Crippen molar-refractivity contribution >= 4 is 5.97 Å². The first-order valence-electron chi connectivity index (χ1n) is 5.01. The van der Waals surface area contributed by atoms with Crippen molar-refractivity contribution in [1.29, 1.82) is 0 Å². The molecule has 4 nitrogen and oxygen atoms in total. The molecule has 1 N–H and O–H groups in total. The summed E-state index contributed by atoms with van der Waals surface area (Å²) in [7, 11) is 1.67. The van der Waals surface area contributed by atoms with Gasteiger partial charge in [0.15, 0.2) is 0 Å². The second-order valence-electron chi connectivity index (χ2n) is 3.45. The number of aliphatic carboxylic acids is 1. The second kappa shape index (κ2) is 6.79. The number of methoxy groups -OCH3 is 1. The normalized spacial score (nSPS) is 15.5. The van der Waals surface area contributed by atoms with Gasteiger partial charge in [-0.25, -0.2) is 0 Å². The van der Waals surface area contributed by atoms with Gasteiger partial charge in [0.2, 0.25) is 0 Å². The fourth-order valence-corrected chi connectivity index (χ4v) is 1.38. The highest BCUT2D eigenvalue weighted by Crippen LogP contribution is 2.07. The van der Waals surface area contributed by atoms with Gasteiger partial charge < -0.3 is 9.84 Å². The summed E-state index contributed by atoms with van der Waals surface area (Å²) in [4.78, 5) is 12.5. The molecule has 0 fully saturated rings. The molecule has 0 amide bonds. The van der Waals surface area contributed by atoms with Crippen LogP contribution in [0.2, 0.25) is 0 Å². The Bertz CT molecular complexity index is 173. The Labute approximate surface area is 85.9 Å². The Kier molecular flexibility index (Phi) is 6.49. The Morgan fingerprint density at radius 2 is 2.07 bits per heavy atom. The molecule has 0 aromatic heterocycles. The number of hydrogen-bond donors (Lipinski definition) is 1. The van der Waals surface area contributed by atoms with Gasteiger partial charge in [0.05, 0.1) is 12.5 Å². The Hall–Kier alpha value is -0.610. The zero-order valence-corrected chi connectivity index (χ0v) is 9.49. The number of rotatable bonds is 7. The number of likely N-dealkylation sites (N-methyl/N-ethyl adjacent to an activating group) is 1. The van der Waals surface area contributed by atoms with E-state index in [0.29, 0.717) is 6.54 Å². The molecule has 2 unspecified atom stereocenters. The van der Waals surface area contributed by atoms with E-state index in [9.17, 15) is 4.79 Å². The van der Waals surface area contributed by atoms with Crippen molar-refractivity contribution in [3.63, 3.8) is 0 Å². The Balaban J connectivity index is 4.04. The van der Waals surface area contributed by atoms with Gasteiger partial charge in [0.1, 0.15) is 0 Å². The van der Waals surface area contributed by atoms with Crippen LogP contribution in [0, 0.1) is 0 Å². The summed E-state index contributed by atoms with van der Waals surface area (Å²) in [6.45, 7) is 7.51. The van der Waals surface area contributed by atoms with E-state index in [-0.39, 0.29) is 18.6 Å². The SMILES string of the molecule is CCN(CCC(=O)O)C(C)C(C)OC. The first-order chi connectivity index (χ1) is 6.52. The molecule has 0 aliphatic carbocycles. The van der Waals surface area contributed by atoms with Gasteiger partial charge in [-0.1, -0.05) is 6.92 Å². The van der Waals surface area contributed by atoms with E-state index in [4.69, 9.17) is 9.84 Å². The van der Waals surface area contributed by atoms with Crippen LogP contribution in [0.3, 0.4) is 0 Å². The van der Waals surface area contributed by atoms with E-state index < -0.39 is 5.97 Å². The van der Waals surface area contributed by atoms with E-state index >= 15 is 0 Å². The van der Waals surface area contributed by atoms with E-state index in [1.165, 1.54) is 0 Å². The van der Waals surface area contributed by atoms with Crippen LogP contribution in [-0.4, -0.2) is 48.3 Å². The summed E-state index contributed by atoms with van der Waals surface area (Å²) in [5.74, 6) is -0.749. The quantitative estimate of drug-likeness (QED) is 0.675. The zero-order valence-electron chi connectivity index (χ0n) is 9.49. The van der Waals surface area contributed by atoms with Crippen LogP contribution in [0.25, 0.3) is 0 Å². The monoisotopic (exact) mass is 203 g/mol. The van der Waals surface area contributed by atoms with Gasteiger partial charge in [0.25, 0.3) is 0 Å². The van der Waals surface area contributed by atoms with Crippen molar-refractivity contribution in [2.75, 3.05) is 20.2 Å². The second-order valence-corrected chi connectivity index (χ2v) is 3.45. The average molecular weight is 203 g/mol. The molecule has 0 rings (SSSR count). The van der Waals surface area contributed by atoms with Gasteiger partial charge >= 0.3 is 5.97 Å². The highest BCUT2D eigenvalue weighted by molar-refractivity contribution is 5.66. The number of carbonyl (C=O) groups is 1. The maximum atomic E-state index is 10.4. The van der Waals surface area contributed by atoms with E-state index in [0.717, 1.165) is 6.54 Å². The van der Waals surface area contributed by atoms with E-state index in [1.807, 2.05) is 13.8 Å². The molecule has 0 aromatic rings. The van der Waals surface area contributed by atoms with Crippen LogP contribution in [-0.2, 0) is 9.53 Å². The topological polar surface area (TPSA) is 49.8 Å². The minimum absolute atomic E-state index is 0.128. The maximum Gasteiger partial charge on any atom is 0.304 e. The lowest BCUT2D eigenvalue weighted by molar-refractivity contribution is -0.137. The molecule has 0 spiro atoms. The van der Waals surface area contributed by atoms with Crippen molar-refractivity contribution in [3.8, 4) is 0 Å². The first kappa shape index (κ1) is 13.4. The summed E-state index contributed by atoms with van der Waals surface area (Å²) in [5, 5.41) is 8.58. The zero-order chi connectivity index (χ0) is 11.1. The van der Waals surface area contributed by atoms with E-state index in [1.54, 1.807) is 7.11 Å². The van der Waals surface area contributed by atoms with Crippen molar-refractivity contribution in [3.05, 3.63) is 0 Å². The molecule has 84 valence electrons. The van der Waals surface area contributed by atoms with Crippen molar-refractivity contribution < 1.29 is 14.6 Å². The number of hydrogen-bond acceptors (Lipinski definition) is 3. The molecule has 4 heteroatoms. The Morgan fingerprint density at radius 1 is 1.50 bits per heavy atom. The lowest BCUT2D eigenvalue weighted by Gasteiger charge is -2.30. The van der Waals surface area contributed by atoms with Gasteiger partial charge in [-0.15, -0.1) is 0 Å². The minimum Gasteiger partial charge on any atom is -0.481 e. The van der Waals surface area contributed by atoms with Crippen LogP contribution >= 0.6 is 0 Å². The van der Waals surface area contributed by atoms with Gasteiger partial charge in [-0.05, 0) is 20.4 Å². The van der Waals surface area contributed by atoms with Gasteiger partial charge in [-0.3, -0.25) is 9.69 Å². The molecular formula is C10H21NO3. The largest absolute Gasteiger partial charge is 0.481 e. The summed E-state index contributed by atoms with van der Waals surface area (Å²) < 4.78 is 5.21. The number of ether oxygens (including phenoxy) is 1. The number of carboxylic acids is 1. The highest BCUT2D eigenvalue weighted by atomic mass is 16.5. The van der Waals surface area contributed by atoms with Crippen molar-refractivity contribution in [2.24, 2.45) is 0 Å². The molecule has 0 aliphatic heterocycles. The van der Waals surface area contributed by atoms with Crippen LogP contribution < -0.4 is 0 Å². The standard InChI is InChI=1S/C10H21NO3/c1-5-11(7-6-10(12)13)8(2)9(3)14-4/h8-9H,5-7H2,1-4H3,(H,12,13). The van der Waals surface area contributed by atoms with Crippen LogP contribution in [0.5, 0.6) is 0 Å². The molecule has 0 saturated carbocycles. The lowest BCUT2D eigenvalue weighted by atomic mass is 10.1. The Morgan fingerprint density at radius 3 is 2.43 bits per heavy atom. The smallest absolute Gasteiger partial charge is 0.304 e. The molecule has 14 heavy (non-hydrogen) atoms. The average Bonchev–Trinajstić information content (AvgIpc) is 2.16. The molecular weight excluding hydrogens is 182 g/mol. The third-order valence-corrected chi connectivity index (χ3v) is 2.65. The summed E-state index contributed by atoms with van der Waals surface area (Å²) in [6.07, 6.45) is 0.318. The summed E-state index contributed by atoms with van der Waals surface area (Å²) >= 11 is 0. The first-order valence-corrected chi connectivity index (χ1v) is 5.01. The molecule has 0 radical (unpaired) electrons. The molecule has 0 aromatic carbocycles. The third-order valence-electron chi connectivity index (χ3n) is 2.65. The summed E-state index contributed by atoms with van der Waals surface area (Å²) in [5.41, 5.74) is 0. The van der Waals surface area contributed by atoms with Crippen molar-refractivity contribution in [1.82, 2.24) is 4.90 Å². The van der Waals surface area contributed by atoms with Crippen molar-refractivity contribution in [2.45, 2.75) is 39.3 Å². The third kappa shape index (κ3) is 4.58. The number of nitrogens with zero attached hydrogens (tertiary/aromatic N) is 1. The van der Waals surface area contributed by atoms with Crippen LogP contribution in [0.15, 0.2) is 0 Å². The fraction of sp³-hybridized carbons (Fsp3) is 0.900. The molecule has 0 bridgehead atoms. The lowest BCUT2D eigenvalue weighted by Crippen LogP contribution is -2.42. The van der Waals surface area contributed by atoms with Crippen LogP contribution in [0.4, 0.5) is 0 Å². The van der Waals surface area contributed by atoms with Gasteiger partial charge in [0, 0.05) is 19.7 Å². The van der Waals surface area contributed by atoms with Gasteiger partial charge in [-0.2, -0.15) is 0 Å². The molecule has 0 aliphatic rings. The fourth-order valence-electron chi connectivity index (χ4n) is 1.38. The van der Waals surface area contributed by atoms with E-state index in [2.05, 4.69) is 11.8 Å².